The van der Waals surface area contributed by atoms with Crippen LogP contribution in [0.1, 0.15) is 21.0 Å². The van der Waals surface area contributed by atoms with Gasteiger partial charge < -0.3 is 15.3 Å². The number of anilines is 2. The summed E-state index contributed by atoms with van der Waals surface area (Å²) in [6, 6.07) is 8.99. The van der Waals surface area contributed by atoms with E-state index in [1.54, 1.807) is 18.2 Å². The van der Waals surface area contributed by atoms with Crippen molar-refractivity contribution in [1.82, 2.24) is 19.9 Å². The van der Waals surface area contributed by atoms with Crippen molar-refractivity contribution in [2.75, 3.05) is 10.6 Å². The normalized spacial score (nSPS) is 10.9. The molecule has 0 saturated heterocycles. The van der Waals surface area contributed by atoms with Crippen LogP contribution in [0.2, 0.25) is 10.0 Å². The molecule has 29 heavy (non-hydrogen) atoms. The number of carbonyl (C=O) groups excluding carboxylic acids is 2. The van der Waals surface area contributed by atoms with Crippen molar-refractivity contribution >= 4 is 57.7 Å². The lowest BCUT2D eigenvalue weighted by atomic mass is 10.2. The van der Waals surface area contributed by atoms with Gasteiger partial charge in [0, 0.05) is 5.02 Å². The molecule has 4 rings (SSSR count). The summed E-state index contributed by atoms with van der Waals surface area (Å²) in [6.07, 6.45) is 1.17. The van der Waals surface area contributed by atoms with Gasteiger partial charge in [-0.25, -0.2) is 14.4 Å². The molecule has 0 spiro atoms. The smallest absolute Gasteiger partial charge is 0.276 e. The molecule has 4 aromatic rings. The zero-order chi connectivity index (χ0) is 20.5. The number of para-hydroxylation sites is 1. The molecule has 11 heteroatoms. The van der Waals surface area contributed by atoms with Gasteiger partial charge in [0.1, 0.15) is 11.5 Å². The summed E-state index contributed by atoms with van der Waals surface area (Å²) < 4.78 is 13.9. The maximum atomic E-state index is 13.9. The van der Waals surface area contributed by atoms with Crippen LogP contribution in [-0.2, 0) is 0 Å². The molecule has 8 nitrogen and oxygen atoms in total. The number of hydrogen-bond donors (Lipinski definition) is 4. The van der Waals surface area contributed by atoms with Crippen LogP contribution in [0.4, 0.5) is 16.0 Å². The number of H-pyrrole nitrogens is 2. The van der Waals surface area contributed by atoms with Crippen LogP contribution in [0.25, 0.3) is 11.0 Å². The van der Waals surface area contributed by atoms with E-state index in [1.807, 2.05) is 0 Å². The predicted octanol–water partition coefficient (Wildman–Crippen LogP) is 4.24. The zero-order valence-corrected chi connectivity index (χ0v) is 15.9. The number of halogens is 3. The highest BCUT2D eigenvalue weighted by Gasteiger charge is 2.23. The van der Waals surface area contributed by atoms with Gasteiger partial charge in [0.05, 0.1) is 28.1 Å². The molecule has 0 bridgehead atoms. The standard InChI is InChI=1S/C18H11Cl2FN6O2/c19-8-4-5-11-12(6-8)25-18(24-11)27-17(29)15-14(22-7-23-15)16(28)26-13-9(20)2-1-3-10(13)21/h1-7H,(H,22,23)(H,26,28)(H2,24,25,27,29). The molecule has 0 saturated carbocycles. The third-order valence-electron chi connectivity index (χ3n) is 3.96. The summed E-state index contributed by atoms with van der Waals surface area (Å²) in [4.78, 5) is 38.6. The Morgan fingerprint density at radius 3 is 2.69 bits per heavy atom. The summed E-state index contributed by atoms with van der Waals surface area (Å²) in [6.45, 7) is 0. The van der Waals surface area contributed by atoms with Gasteiger partial charge in [-0.15, -0.1) is 0 Å². The first-order valence-corrected chi connectivity index (χ1v) is 8.93. The average Bonchev–Trinajstić information content (AvgIpc) is 3.31. The first kappa shape index (κ1) is 18.9. The van der Waals surface area contributed by atoms with Gasteiger partial charge in [-0.3, -0.25) is 14.9 Å². The molecule has 146 valence electrons. The summed E-state index contributed by atoms with van der Waals surface area (Å²) in [5.74, 6) is -2.03. The molecule has 0 unspecified atom stereocenters. The number of hydrogen-bond acceptors (Lipinski definition) is 4. The number of aromatic amines is 2. The molecule has 2 aromatic heterocycles. The predicted molar refractivity (Wildman–Crippen MR) is 107 cm³/mol. The van der Waals surface area contributed by atoms with Crippen molar-refractivity contribution in [3.63, 3.8) is 0 Å². The number of nitrogens with one attached hydrogen (secondary N) is 4. The van der Waals surface area contributed by atoms with Crippen molar-refractivity contribution in [3.05, 3.63) is 70.0 Å². The Morgan fingerprint density at radius 1 is 1.07 bits per heavy atom. The highest BCUT2D eigenvalue weighted by molar-refractivity contribution is 6.34. The van der Waals surface area contributed by atoms with Gasteiger partial charge in [-0.05, 0) is 30.3 Å². The number of carbonyl (C=O) groups is 2. The summed E-state index contributed by atoms with van der Waals surface area (Å²) in [5.41, 5.74) is 0.656. The van der Waals surface area contributed by atoms with E-state index in [9.17, 15) is 14.0 Å². The largest absolute Gasteiger partial charge is 0.340 e. The lowest BCUT2D eigenvalue weighted by Gasteiger charge is -2.08. The highest BCUT2D eigenvalue weighted by atomic mass is 35.5. The van der Waals surface area contributed by atoms with E-state index in [4.69, 9.17) is 23.2 Å². The fraction of sp³-hybridized carbons (Fsp3) is 0. The molecule has 2 heterocycles. The Hall–Kier alpha value is -3.43. The maximum Gasteiger partial charge on any atom is 0.276 e. The monoisotopic (exact) mass is 432 g/mol. The molecule has 0 atom stereocenters. The van der Waals surface area contributed by atoms with Crippen molar-refractivity contribution in [2.45, 2.75) is 0 Å². The number of rotatable bonds is 4. The van der Waals surface area contributed by atoms with Crippen LogP contribution < -0.4 is 10.6 Å². The van der Waals surface area contributed by atoms with E-state index in [2.05, 4.69) is 30.6 Å². The SMILES string of the molecule is O=C(Nc1c(F)cccc1Cl)c1nc[nH]c1C(=O)Nc1nc2ccc(Cl)cc2[nH]1. The zero-order valence-electron chi connectivity index (χ0n) is 14.4. The van der Waals surface area contributed by atoms with Crippen molar-refractivity contribution in [1.29, 1.82) is 0 Å². The fourth-order valence-electron chi connectivity index (χ4n) is 2.64. The summed E-state index contributed by atoms with van der Waals surface area (Å²) >= 11 is 11.8. The van der Waals surface area contributed by atoms with Gasteiger partial charge in [0.2, 0.25) is 5.95 Å². The number of nitrogens with zero attached hydrogens (tertiary/aromatic N) is 2. The minimum Gasteiger partial charge on any atom is -0.340 e. The lowest BCUT2D eigenvalue weighted by molar-refractivity contribution is 0.0985. The van der Waals surface area contributed by atoms with Crippen molar-refractivity contribution in [3.8, 4) is 0 Å². The molecule has 0 aliphatic rings. The minimum absolute atomic E-state index is 0.0147. The van der Waals surface area contributed by atoms with Crippen LogP contribution in [0.5, 0.6) is 0 Å². The number of benzene rings is 2. The Bertz CT molecular complexity index is 1230. The first-order chi connectivity index (χ1) is 13.9. The minimum atomic E-state index is -0.806. The second-order valence-corrected chi connectivity index (χ2v) is 6.72. The second kappa shape index (κ2) is 7.53. The van der Waals surface area contributed by atoms with Crippen LogP contribution in [0.15, 0.2) is 42.7 Å². The number of aromatic nitrogens is 4. The lowest BCUT2D eigenvalue weighted by Crippen LogP contribution is -2.21. The summed E-state index contributed by atoms with van der Waals surface area (Å²) in [5, 5.41) is 5.38. The third kappa shape index (κ3) is 3.78. The summed E-state index contributed by atoms with van der Waals surface area (Å²) in [7, 11) is 0. The van der Waals surface area contributed by atoms with Gasteiger partial charge in [0.25, 0.3) is 11.8 Å². The van der Waals surface area contributed by atoms with Crippen LogP contribution in [-0.4, -0.2) is 31.8 Å². The molecule has 0 aliphatic heterocycles. The molecule has 4 N–H and O–H groups in total. The Balaban J connectivity index is 1.56. The van der Waals surface area contributed by atoms with Gasteiger partial charge in [0.15, 0.2) is 5.69 Å². The highest BCUT2D eigenvalue weighted by Crippen LogP contribution is 2.25. The third-order valence-corrected chi connectivity index (χ3v) is 4.51. The number of imidazole rings is 2. The maximum absolute atomic E-state index is 13.9. The van der Waals surface area contributed by atoms with Gasteiger partial charge in [-0.1, -0.05) is 29.3 Å². The molecular formula is C18H11Cl2FN6O2. The van der Waals surface area contributed by atoms with E-state index in [1.165, 1.54) is 18.5 Å². The first-order valence-electron chi connectivity index (χ1n) is 8.17. The number of amides is 2. The molecular weight excluding hydrogens is 422 g/mol. The van der Waals surface area contributed by atoms with Crippen LogP contribution in [0, 0.1) is 5.82 Å². The average molecular weight is 433 g/mol. The molecule has 2 aromatic carbocycles. The van der Waals surface area contributed by atoms with Crippen molar-refractivity contribution < 1.29 is 14.0 Å². The van der Waals surface area contributed by atoms with Crippen LogP contribution in [0.3, 0.4) is 0 Å². The van der Waals surface area contributed by atoms with Gasteiger partial charge in [-0.2, -0.15) is 0 Å². The number of fused-ring (bicyclic) bond motifs is 1. The van der Waals surface area contributed by atoms with E-state index in [0.29, 0.717) is 16.1 Å². The van der Waals surface area contributed by atoms with Gasteiger partial charge >= 0.3 is 0 Å². The second-order valence-electron chi connectivity index (χ2n) is 5.88. The topological polar surface area (TPSA) is 116 Å². The molecule has 0 aliphatic carbocycles. The van der Waals surface area contributed by atoms with Crippen LogP contribution >= 0.6 is 23.2 Å². The van der Waals surface area contributed by atoms with E-state index < -0.39 is 17.6 Å². The Morgan fingerprint density at radius 2 is 1.90 bits per heavy atom. The molecule has 0 fully saturated rings. The molecule has 2 amide bonds. The fourth-order valence-corrected chi connectivity index (χ4v) is 3.02. The molecule has 0 radical (unpaired) electrons. The Labute approximate surface area is 172 Å². The van der Waals surface area contributed by atoms with E-state index in [0.717, 1.165) is 6.07 Å². The van der Waals surface area contributed by atoms with Crippen molar-refractivity contribution in [2.24, 2.45) is 0 Å². The van der Waals surface area contributed by atoms with E-state index >= 15 is 0 Å². The Kier molecular flexibility index (Phi) is 4.91. The quantitative estimate of drug-likeness (QED) is 0.385. The van der Waals surface area contributed by atoms with E-state index in [-0.39, 0.29) is 28.0 Å².